The molecule has 24 heavy (non-hydrogen) atoms. The first-order valence-electron chi connectivity index (χ1n) is 9.14. The zero-order chi connectivity index (χ0) is 17.5. The van der Waals surface area contributed by atoms with E-state index >= 15 is 0 Å². The van der Waals surface area contributed by atoms with Crippen molar-refractivity contribution in [1.82, 2.24) is 0 Å². The van der Waals surface area contributed by atoms with Gasteiger partial charge in [-0.25, -0.2) is 4.79 Å². The van der Waals surface area contributed by atoms with E-state index in [1.807, 2.05) is 6.92 Å². The van der Waals surface area contributed by atoms with Crippen LogP contribution in [-0.4, -0.2) is 35.5 Å². The molecular weight excluding hydrogens is 304 g/mol. The van der Waals surface area contributed by atoms with Crippen LogP contribution in [0.5, 0.6) is 0 Å². The van der Waals surface area contributed by atoms with Crippen LogP contribution in [0.3, 0.4) is 0 Å². The van der Waals surface area contributed by atoms with Gasteiger partial charge in [0.05, 0.1) is 12.7 Å². The van der Waals surface area contributed by atoms with Crippen LogP contribution < -0.4 is 0 Å². The summed E-state index contributed by atoms with van der Waals surface area (Å²) < 4.78 is 5.01. The lowest BCUT2D eigenvalue weighted by Crippen LogP contribution is -2.57. The van der Waals surface area contributed by atoms with E-state index in [2.05, 4.69) is 13.5 Å². The summed E-state index contributed by atoms with van der Waals surface area (Å²) in [6.07, 6.45) is 6.66. The third kappa shape index (κ3) is 2.74. The number of rotatable bonds is 4. The number of hydrogen-bond acceptors (Lipinski definition) is 4. The van der Waals surface area contributed by atoms with Crippen LogP contribution in [0.15, 0.2) is 23.8 Å². The van der Waals surface area contributed by atoms with Gasteiger partial charge in [0.1, 0.15) is 6.61 Å². The van der Waals surface area contributed by atoms with Gasteiger partial charge in [-0.2, -0.15) is 0 Å². The predicted octanol–water partition coefficient (Wildman–Crippen LogP) is 2.99. The molecule has 5 atom stereocenters. The standard InChI is InChI=1S/C20H30O4/c1-13-4-7-16-19(2,9-8-17(22)20(16,3)12-21)15(13)6-5-14-10-18(23)24-11-14/h10,15-17,21-22H,1,4-9,11-12H2,2-3H3/t15?,16?,17-,19+,20-/m0/s1. The van der Waals surface area contributed by atoms with Gasteiger partial charge in [0, 0.05) is 11.5 Å². The number of ether oxygens (including phenoxy) is 1. The maximum Gasteiger partial charge on any atom is 0.331 e. The molecular formula is C20H30O4. The second-order valence-electron chi connectivity index (χ2n) is 8.48. The van der Waals surface area contributed by atoms with Crippen molar-refractivity contribution in [2.75, 3.05) is 13.2 Å². The molecule has 2 fully saturated rings. The minimum atomic E-state index is -0.434. The van der Waals surface area contributed by atoms with E-state index in [0.29, 0.717) is 18.4 Å². The maximum atomic E-state index is 11.2. The van der Waals surface area contributed by atoms with Crippen LogP contribution in [-0.2, 0) is 9.53 Å². The molecule has 0 saturated heterocycles. The lowest BCUT2D eigenvalue weighted by molar-refractivity contribution is -0.152. The number of cyclic esters (lactones) is 1. The van der Waals surface area contributed by atoms with Crippen molar-refractivity contribution in [2.24, 2.45) is 22.7 Å². The normalized spacial score (nSPS) is 42.5. The van der Waals surface area contributed by atoms with Crippen LogP contribution in [0.2, 0.25) is 0 Å². The second kappa shape index (κ2) is 6.30. The quantitative estimate of drug-likeness (QED) is 0.613. The van der Waals surface area contributed by atoms with Gasteiger partial charge in [0.2, 0.25) is 0 Å². The number of carbonyl (C=O) groups excluding carboxylic acids is 1. The van der Waals surface area contributed by atoms with Crippen LogP contribution in [0.4, 0.5) is 0 Å². The zero-order valence-corrected chi connectivity index (χ0v) is 14.9. The van der Waals surface area contributed by atoms with Crippen molar-refractivity contribution in [3.8, 4) is 0 Å². The fraction of sp³-hybridized carbons (Fsp3) is 0.750. The first kappa shape index (κ1) is 17.7. The summed E-state index contributed by atoms with van der Waals surface area (Å²) >= 11 is 0. The van der Waals surface area contributed by atoms with Crippen molar-refractivity contribution >= 4 is 5.97 Å². The van der Waals surface area contributed by atoms with Crippen molar-refractivity contribution in [2.45, 2.75) is 58.5 Å². The Hall–Kier alpha value is -1.13. The Morgan fingerprint density at radius 2 is 2.12 bits per heavy atom. The van der Waals surface area contributed by atoms with E-state index in [9.17, 15) is 15.0 Å². The number of carbonyl (C=O) groups is 1. The average Bonchev–Trinajstić information content (AvgIpc) is 2.96. The molecule has 1 aliphatic heterocycles. The summed E-state index contributed by atoms with van der Waals surface area (Å²) in [6.45, 7) is 9.15. The van der Waals surface area contributed by atoms with Crippen molar-refractivity contribution < 1.29 is 19.7 Å². The van der Waals surface area contributed by atoms with Gasteiger partial charge >= 0.3 is 5.97 Å². The van der Waals surface area contributed by atoms with E-state index in [1.54, 1.807) is 6.08 Å². The highest BCUT2D eigenvalue weighted by molar-refractivity contribution is 5.85. The molecule has 2 saturated carbocycles. The SMILES string of the molecule is C=C1CCC2[C@](C)(CC[C@H](O)[C@@]2(C)CO)C1CCC1=CC(=O)OC1. The largest absolute Gasteiger partial charge is 0.458 e. The van der Waals surface area contributed by atoms with Gasteiger partial charge in [0.15, 0.2) is 0 Å². The molecule has 1 heterocycles. The molecule has 0 aromatic heterocycles. The Morgan fingerprint density at radius 3 is 2.75 bits per heavy atom. The minimum absolute atomic E-state index is 0.0289. The van der Waals surface area contributed by atoms with Gasteiger partial charge in [-0.15, -0.1) is 0 Å². The van der Waals surface area contributed by atoms with E-state index in [-0.39, 0.29) is 18.0 Å². The topological polar surface area (TPSA) is 66.8 Å². The number of hydrogen-bond donors (Lipinski definition) is 2. The zero-order valence-electron chi connectivity index (χ0n) is 14.9. The first-order chi connectivity index (χ1) is 11.3. The molecule has 4 heteroatoms. The van der Waals surface area contributed by atoms with Crippen LogP contribution in [0.1, 0.15) is 52.4 Å². The first-order valence-corrected chi connectivity index (χ1v) is 9.14. The number of esters is 1. The highest BCUT2D eigenvalue weighted by atomic mass is 16.5. The monoisotopic (exact) mass is 334 g/mol. The van der Waals surface area contributed by atoms with Gasteiger partial charge < -0.3 is 14.9 Å². The Balaban J connectivity index is 1.81. The molecule has 2 aliphatic carbocycles. The van der Waals surface area contributed by atoms with Crippen LogP contribution >= 0.6 is 0 Å². The van der Waals surface area contributed by atoms with E-state index in [0.717, 1.165) is 44.1 Å². The summed E-state index contributed by atoms with van der Waals surface area (Å²) in [7, 11) is 0. The Morgan fingerprint density at radius 1 is 1.38 bits per heavy atom. The fourth-order valence-electron chi connectivity index (χ4n) is 5.62. The van der Waals surface area contributed by atoms with E-state index < -0.39 is 11.5 Å². The molecule has 0 spiro atoms. The molecule has 134 valence electrons. The molecule has 0 bridgehead atoms. The molecule has 3 aliphatic rings. The van der Waals surface area contributed by atoms with Crippen molar-refractivity contribution in [1.29, 1.82) is 0 Å². The number of aliphatic hydroxyl groups excluding tert-OH is 2. The maximum absolute atomic E-state index is 11.2. The highest BCUT2D eigenvalue weighted by Crippen LogP contribution is 2.61. The molecule has 2 N–H and O–H groups in total. The Kier molecular flexibility index (Phi) is 4.65. The van der Waals surface area contributed by atoms with Gasteiger partial charge in [-0.1, -0.05) is 26.0 Å². The molecule has 0 amide bonds. The molecule has 0 radical (unpaired) electrons. The Labute approximate surface area is 144 Å². The minimum Gasteiger partial charge on any atom is -0.458 e. The van der Waals surface area contributed by atoms with Gasteiger partial charge in [0.25, 0.3) is 0 Å². The fourth-order valence-corrected chi connectivity index (χ4v) is 5.62. The van der Waals surface area contributed by atoms with Gasteiger partial charge in [-0.05, 0) is 61.3 Å². The number of aliphatic hydroxyl groups is 2. The summed E-state index contributed by atoms with van der Waals surface area (Å²) in [5.74, 6) is 0.432. The summed E-state index contributed by atoms with van der Waals surface area (Å²) in [4.78, 5) is 11.2. The summed E-state index contributed by atoms with van der Waals surface area (Å²) in [5.41, 5.74) is 1.98. The van der Waals surface area contributed by atoms with Crippen molar-refractivity contribution in [3.05, 3.63) is 23.8 Å². The van der Waals surface area contributed by atoms with Gasteiger partial charge in [-0.3, -0.25) is 0 Å². The molecule has 3 rings (SSSR count). The number of fused-ring (bicyclic) bond motifs is 1. The lowest BCUT2D eigenvalue weighted by atomic mass is 9.46. The van der Waals surface area contributed by atoms with E-state index in [1.165, 1.54) is 5.57 Å². The molecule has 4 nitrogen and oxygen atoms in total. The number of allylic oxidation sites excluding steroid dienone is 1. The Bertz CT molecular complexity index is 566. The summed E-state index contributed by atoms with van der Waals surface area (Å²) in [6, 6.07) is 0. The van der Waals surface area contributed by atoms with Crippen LogP contribution in [0.25, 0.3) is 0 Å². The highest BCUT2D eigenvalue weighted by Gasteiger charge is 2.57. The van der Waals surface area contributed by atoms with E-state index in [4.69, 9.17) is 4.74 Å². The molecule has 0 aromatic rings. The average molecular weight is 334 g/mol. The van der Waals surface area contributed by atoms with Crippen molar-refractivity contribution in [3.63, 3.8) is 0 Å². The third-order valence-electron chi connectivity index (χ3n) is 7.17. The second-order valence-corrected chi connectivity index (χ2v) is 8.48. The third-order valence-corrected chi connectivity index (χ3v) is 7.17. The smallest absolute Gasteiger partial charge is 0.331 e. The summed E-state index contributed by atoms with van der Waals surface area (Å²) in [5, 5.41) is 20.5. The lowest BCUT2D eigenvalue weighted by Gasteiger charge is -2.60. The molecule has 0 aromatic carbocycles. The van der Waals surface area contributed by atoms with Crippen LogP contribution in [0, 0.1) is 22.7 Å². The predicted molar refractivity (Wildman–Crippen MR) is 92.2 cm³/mol. The molecule has 2 unspecified atom stereocenters.